The maximum atomic E-state index is 5.65. The third kappa shape index (κ3) is 8.22. The van der Waals surface area contributed by atoms with Crippen molar-refractivity contribution in [1.29, 1.82) is 0 Å². The minimum Gasteiger partial charge on any atom is -0.493 e. The van der Waals surface area contributed by atoms with Crippen molar-refractivity contribution < 1.29 is 9.47 Å². The van der Waals surface area contributed by atoms with E-state index in [2.05, 4.69) is 46.6 Å². The zero-order valence-electron chi connectivity index (χ0n) is 17.1. The van der Waals surface area contributed by atoms with Crippen LogP contribution >= 0.6 is 35.3 Å². The fraction of sp³-hybridized carbons (Fsp3) is 0.500. The number of thiazole rings is 1. The molecule has 0 fully saturated rings. The summed E-state index contributed by atoms with van der Waals surface area (Å²) < 4.78 is 11.0. The lowest BCUT2D eigenvalue weighted by molar-refractivity contribution is 0.310. The molecule has 0 radical (unpaired) electrons. The molecular weight excluding hydrogens is 487 g/mol. The Hall–Kier alpha value is -1.55. The number of aryl methyl sites for hydroxylation is 2. The number of aromatic nitrogens is 1. The predicted molar refractivity (Wildman–Crippen MR) is 128 cm³/mol. The highest BCUT2D eigenvalue weighted by Crippen LogP contribution is 2.28. The zero-order valence-corrected chi connectivity index (χ0v) is 20.2. The van der Waals surface area contributed by atoms with Gasteiger partial charge in [-0.05, 0) is 51.3 Å². The molecule has 1 aromatic carbocycles. The van der Waals surface area contributed by atoms with Gasteiger partial charge in [-0.3, -0.25) is 0 Å². The number of aliphatic imine (C=N–C) groups is 1. The van der Waals surface area contributed by atoms with Crippen molar-refractivity contribution in [3.05, 3.63) is 39.8 Å². The minimum atomic E-state index is 0. The molecular formula is C20H31IN4O2S. The van der Waals surface area contributed by atoms with Crippen molar-refractivity contribution in [1.82, 2.24) is 15.6 Å². The van der Waals surface area contributed by atoms with E-state index >= 15 is 0 Å². The first-order chi connectivity index (χ1) is 13.2. The van der Waals surface area contributed by atoms with Crippen LogP contribution in [0.5, 0.6) is 11.5 Å². The van der Waals surface area contributed by atoms with E-state index in [1.165, 1.54) is 10.4 Å². The maximum absolute atomic E-state index is 5.65. The molecule has 0 spiro atoms. The SMILES string of the molecule is CCNC(=NCc1ncc(C)s1)NCCCc1ccc(OC)c(OCC)c1.I. The molecule has 0 aliphatic rings. The highest BCUT2D eigenvalue weighted by molar-refractivity contribution is 14.0. The third-order valence-electron chi connectivity index (χ3n) is 3.85. The first kappa shape index (κ1) is 24.5. The first-order valence-corrected chi connectivity index (χ1v) is 10.2. The molecule has 0 unspecified atom stereocenters. The predicted octanol–water partition coefficient (Wildman–Crippen LogP) is 4.16. The molecule has 1 aromatic heterocycles. The van der Waals surface area contributed by atoms with Crippen molar-refractivity contribution in [2.75, 3.05) is 26.8 Å². The van der Waals surface area contributed by atoms with Crippen LogP contribution in [0.1, 0.15) is 35.7 Å². The monoisotopic (exact) mass is 518 g/mol. The maximum Gasteiger partial charge on any atom is 0.191 e. The number of ether oxygens (including phenoxy) is 2. The Bertz CT molecular complexity index is 737. The summed E-state index contributed by atoms with van der Waals surface area (Å²) >= 11 is 1.69. The van der Waals surface area contributed by atoms with Gasteiger partial charge in [-0.15, -0.1) is 35.3 Å². The third-order valence-corrected chi connectivity index (χ3v) is 4.75. The van der Waals surface area contributed by atoms with Gasteiger partial charge in [0.2, 0.25) is 0 Å². The van der Waals surface area contributed by atoms with Crippen LogP contribution < -0.4 is 20.1 Å². The number of hydrogen-bond donors (Lipinski definition) is 2. The lowest BCUT2D eigenvalue weighted by Crippen LogP contribution is -2.37. The number of hydrogen-bond acceptors (Lipinski definition) is 5. The van der Waals surface area contributed by atoms with E-state index in [-0.39, 0.29) is 24.0 Å². The van der Waals surface area contributed by atoms with E-state index in [0.717, 1.165) is 48.4 Å². The Kier molecular flexibility index (Phi) is 11.9. The second-order valence-electron chi connectivity index (χ2n) is 6.01. The van der Waals surface area contributed by atoms with Gasteiger partial charge in [0.15, 0.2) is 17.5 Å². The quantitative estimate of drug-likeness (QED) is 0.214. The van der Waals surface area contributed by atoms with Crippen molar-refractivity contribution >= 4 is 41.3 Å². The number of methoxy groups -OCH3 is 1. The molecule has 8 heteroatoms. The summed E-state index contributed by atoms with van der Waals surface area (Å²) in [7, 11) is 1.66. The van der Waals surface area contributed by atoms with Crippen LogP contribution in [0.25, 0.3) is 0 Å². The van der Waals surface area contributed by atoms with Gasteiger partial charge in [-0.1, -0.05) is 6.07 Å². The van der Waals surface area contributed by atoms with Gasteiger partial charge in [-0.25, -0.2) is 9.98 Å². The summed E-state index contributed by atoms with van der Waals surface area (Å²) in [5, 5.41) is 7.70. The summed E-state index contributed by atoms with van der Waals surface area (Å²) in [6, 6.07) is 6.12. The van der Waals surface area contributed by atoms with Crippen LogP contribution in [-0.2, 0) is 13.0 Å². The Labute approximate surface area is 189 Å². The molecule has 6 nitrogen and oxygen atoms in total. The summed E-state index contributed by atoms with van der Waals surface area (Å²) in [6.45, 7) is 9.01. The number of rotatable bonds is 10. The Morgan fingerprint density at radius 1 is 1.21 bits per heavy atom. The van der Waals surface area contributed by atoms with E-state index in [9.17, 15) is 0 Å². The average molecular weight is 518 g/mol. The smallest absolute Gasteiger partial charge is 0.191 e. The fourth-order valence-corrected chi connectivity index (χ4v) is 3.32. The molecule has 28 heavy (non-hydrogen) atoms. The Balaban J connectivity index is 0.00000392. The number of nitrogens with zero attached hydrogens (tertiary/aromatic N) is 2. The number of benzene rings is 1. The topological polar surface area (TPSA) is 67.8 Å². The summed E-state index contributed by atoms with van der Waals surface area (Å²) in [5.74, 6) is 2.41. The summed E-state index contributed by atoms with van der Waals surface area (Å²) in [6.07, 6.45) is 3.85. The van der Waals surface area contributed by atoms with Crippen molar-refractivity contribution in [2.45, 2.75) is 40.2 Å². The van der Waals surface area contributed by atoms with Gasteiger partial charge >= 0.3 is 0 Å². The van der Waals surface area contributed by atoms with Crippen molar-refractivity contribution in [2.24, 2.45) is 4.99 Å². The van der Waals surface area contributed by atoms with Gasteiger partial charge in [-0.2, -0.15) is 0 Å². The van der Waals surface area contributed by atoms with Gasteiger partial charge in [0.25, 0.3) is 0 Å². The average Bonchev–Trinajstić information content (AvgIpc) is 3.09. The highest BCUT2D eigenvalue weighted by Gasteiger charge is 2.06. The van der Waals surface area contributed by atoms with Crippen LogP contribution in [0.15, 0.2) is 29.4 Å². The normalized spacial score (nSPS) is 10.9. The van der Waals surface area contributed by atoms with E-state index in [1.807, 2.05) is 19.2 Å². The molecule has 0 saturated carbocycles. The molecule has 0 amide bonds. The number of nitrogens with one attached hydrogen (secondary N) is 2. The zero-order chi connectivity index (χ0) is 19.5. The number of guanidine groups is 1. The molecule has 0 aliphatic carbocycles. The largest absolute Gasteiger partial charge is 0.493 e. The van der Waals surface area contributed by atoms with E-state index < -0.39 is 0 Å². The first-order valence-electron chi connectivity index (χ1n) is 9.39. The lowest BCUT2D eigenvalue weighted by Gasteiger charge is -2.12. The highest BCUT2D eigenvalue weighted by atomic mass is 127. The van der Waals surface area contributed by atoms with Crippen LogP contribution in [-0.4, -0.2) is 37.7 Å². The molecule has 2 aromatic rings. The van der Waals surface area contributed by atoms with Crippen LogP contribution in [0, 0.1) is 6.92 Å². The molecule has 0 bridgehead atoms. The van der Waals surface area contributed by atoms with E-state index in [1.54, 1.807) is 18.4 Å². The van der Waals surface area contributed by atoms with Gasteiger partial charge in [0.05, 0.1) is 20.3 Å². The van der Waals surface area contributed by atoms with Crippen LogP contribution in [0.4, 0.5) is 0 Å². The van der Waals surface area contributed by atoms with Crippen molar-refractivity contribution in [3.8, 4) is 11.5 Å². The lowest BCUT2D eigenvalue weighted by atomic mass is 10.1. The second kappa shape index (κ2) is 13.6. The van der Waals surface area contributed by atoms with Gasteiger partial charge < -0.3 is 20.1 Å². The van der Waals surface area contributed by atoms with Crippen molar-refractivity contribution in [3.63, 3.8) is 0 Å². The molecule has 156 valence electrons. The number of halogens is 1. The molecule has 2 N–H and O–H groups in total. The molecule has 0 aliphatic heterocycles. The van der Waals surface area contributed by atoms with Gasteiger partial charge in [0, 0.05) is 24.2 Å². The van der Waals surface area contributed by atoms with Crippen LogP contribution in [0.3, 0.4) is 0 Å². The Morgan fingerprint density at radius 2 is 2.04 bits per heavy atom. The molecule has 1 heterocycles. The second-order valence-corrected chi connectivity index (χ2v) is 7.33. The minimum absolute atomic E-state index is 0. The molecule has 2 rings (SSSR count). The van der Waals surface area contributed by atoms with E-state index in [4.69, 9.17) is 9.47 Å². The summed E-state index contributed by atoms with van der Waals surface area (Å²) in [4.78, 5) is 10.2. The molecule has 0 atom stereocenters. The fourth-order valence-electron chi connectivity index (χ4n) is 2.61. The summed E-state index contributed by atoms with van der Waals surface area (Å²) in [5.41, 5.74) is 1.24. The standard InChI is InChI=1S/C20H30N4O2S.HI/c1-5-21-20(24-14-19-23-13-15(3)27-19)22-11-7-8-16-9-10-17(25-4)18(12-16)26-6-2;/h9-10,12-13H,5-8,11,14H2,1-4H3,(H2,21,22,24);1H. The van der Waals surface area contributed by atoms with Crippen LogP contribution in [0.2, 0.25) is 0 Å². The molecule has 0 saturated heterocycles. The van der Waals surface area contributed by atoms with Gasteiger partial charge in [0.1, 0.15) is 5.01 Å². The Morgan fingerprint density at radius 3 is 2.68 bits per heavy atom. The van der Waals surface area contributed by atoms with E-state index in [0.29, 0.717) is 13.2 Å².